The fraction of sp³-hybridized carbons (Fsp3) is 0.538. The van der Waals surface area contributed by atoms with Crippen molar-refractivity contribution in [3.05, 3.63) is 30.1 Å². The summed E-state index contributed by atoms with van der Waals surface area (Å²) in [7, 11) is 1.37. The molecule has 6 nitrogen and oxygen atoms in total. The van der Waals surface area contributed by atoms with E-state index in [1.807, 2.05) is 18.2 Å². The summed E-state index contributed by atoms with van der Waals surface area (Å²) in [6, 6.07) is 6.06. The minimum Gasteiger partial charge on any atom is -0.453 e. The van der Waals surface area contributed by atoms with Gasteiger partial charge in [0.15, 0.2) is 0 Å². The van der Waals surface area contributed by atoms with Gasteiger partial charge >= 0.3 is 6.09 Å². The topological polar surface area (TPSA) is 80.5 Å². The number of hydrogen-bond donors (Lipinski definition) is 2. The van der Waals surface area contributed by atoms with E-state index in [0.29, 0.717) is 6.54 Å². The van der Waals surface area contributed by atoms with Gasteiger partial charge in [0.05, 0.1) is 18.8 Å². The quantitative estimate of drug-likeness (QED) is 0.828. The molecule has 6 heteroatoms. The largest absolute Gasteiger partial charge is 0.453 e. The van der Waals surface area contributed by atoms with Crippen LogP contribution < -0.4 is 11.1 Å². The lowest BCUT2D eigenvalue weighted by Gasteiger charge is -2.26. The summed E-state index contributed by atoms with van der Waals surface area (Å²) in [5.74, 6) is 0. The van der Waals surface area contributed by atoms with Crippen LogP contribution in [0.2, 0.25) is 0 Å². The Hall–Kier alpha value is -1.66. The Labute approximate surface area is 112 Å². The predicted octanol–water partition coefficient (Wildman–Crippen LogP) is 0.512. The third-order valence-corrected chi connectivity index (χ3v) is 3.42. The van der Waals surface area contributed by atoms with Crippen molar-refractivity contribution in [2.75, 3.05) is 26.7 Å². The molecule has 0 bridgehead atoms. The van der Waals surface area contributed by atoms with E-state index in [1.165, 1.54) is 7.11 Å². The minimum atomic E-state index is -0.381. The number of likely N-dealkylation sites (tertiary alicyclic amines) is 1. The number of nitrogens with two attached hydrogens (primary N) is 1. The van der Waals surface area contributed by atoms with Gasteiger partial charge in [-0.2, -0.15) is 0 Å². The highest BCUT2D eigenvalue weighted by molar-refractivity contribution is 5.67. The summed E-state index contributed by atoms with van der Waals surface area (Å²) in [5.41, 5.74) is 6.84. The van der Waals surface area contributed by atoms with Crippen molar-refractivity contribution in [3.63, 3.8) is 0 Å². The molecule has 2 unspecified atom stereocenters. The molecule has 1 aromatic rings. The molecule has 0 spiro atoms. The molecular formula is C13H20N4O2. The van der Waals surface area contributed by atoms with Crippen LogP contribution in [-0.4, -0.2) is 48.8 Å². The molecule has 1 fully saturated rings. The van der Waals surface area contributed by atoms with Crippen molar-refractivity contribution >= 4 is 6.09 Å². The van der Waals surface area contributed by atoms with Crippen LogP contribution in [0.4, 0.5) is 4.79 Å². The number of ether oxygens (including phenoxy) is 1. The van der Waals surface area contributed by atoms with Gasteiger partial charge in [-0.1, -0.05) is 6.07 Å². The van der Waals surface area contributed by atoms with Gasteiger partial charge in [-0.15, -0.1) is 0 Å². The van der Waals surface area contributed by atoms with Gasteiger partial charge in [0, 0.05) is 31.9 Å². The van der Waals surface area contributed by atoms with E-state index in [-0.39, 0.29) is 18.2 Å². The number of carbonyl (C=O) groups excluding carboxylic acids is 1. The lowest BCUT2D eigenvalue weighted by Crippen LogP contribution is -2.39. The summed E-state index contributed by atoms with van der Waals surface area (Å²) in [5, 5.41) is 2.82. The number of carbonyl (C=O) groups is 1. The molecule has 1 aromatic heterocycles. The molecule has 2 rings (SSSR count). The Bertz CT molecular complexity index is 412. The zero-order chi connectivity index (χ0) is 13.7. The number of pyridine rings is 1. The van der Waals surface area contributed by atoms with E-state index < -0.39 is 0 Å². The van der Waals surface area contributed by atoms with Gasteiger partial charge in [0.25, 0.3) is 0 Å². The normalized spacial score (nSPS) is 21.1. The first-order chi connectivity index (χ1) is 9.24. The SMILES string of the molecule is COC(=O)NC1CCN(C(CN)c2ccccn2)C1. The van der Waals surface area contributed by atoms with Crippen LogP contribution in [0.1, 0.15) is 18.2 Å². The number of nitrogens with one attached hydrogen (secondary N) is 1. The number of hydrogen-bond acceptors (Lipinski definition) is 5. The Morgan fingerprint density at radius 3 is 3.16 bits per heavy atom. The summed E-state index contributed by atoms with van der Waals surface area (Å²) >= 11 is 0. The maximum absolute atomic E-state index is 11.2. The van der Waals surface area contributed by atoms with E-state index >= 15 is 0 Å². The number of rotatable bonds is 4. The number of alkyl carbamates (subject to hydrolysis) is 1. The van der Waals surface area contributed by atoms with E-state index in [2.05, 4.69) is 19.9 Å². The first-order valence-electron chi connectivity index (χ1n) is 6.44. The van der Waals surface area contributed by atoms with E-state index in [9.17, 15) is 4.79 Å². The number of nitrogens with zero attached hydrogens (tertiary/aromatic N) is 2. The van der Waals surface area contributed by atoms with Crippen LogP contribution in [0, 0.1) is 0 Å². The van der Waals surface area contributed by atoms with Crippen LogP contribution >= 0.6 is 0 Å². The highest BCUT2D eigenvalue weighted by atomic mass is 16.5. The highest BCUT2D eigenvalue weighted by Gasteiger charge is 2.29. The monoisotopic (exact) mass is 264 g/mol. The summed E-state index contributed by atoms with van der Waals surface area (Å²) in [4.78, 5) is 17.8. The zero-order valence-electron chi connectivity index (χ0n) is 11.1. The standard InChI is InChI=1S/C13H20N4O2/c1-19-13(18)16-10-5-7-17(9-10)12(8-14)11-4-2-3-6-15-11/h2-4,6,10,12H,5,7-9,14H2,1H3,(H,16,18). The molecule has 2 atom stereocenters. The molecular weight excluding hydrogens is 244 g/mol. The maximum Gasteiger partial charge on any atom is 0.407 e. The van der Waals surface area contributed by atoms with Crippen molar-refractivity contribution in [1.29, 1.82) is 0 Å². The second kappa shape index (κ2) is 6.49. The second-order valence-electron chi connectivity index (χ2n) is 4.62. The van der Waals surface area contributed by atoms with Crippen LogP contribution in [0.15, 0.2) is 24.4 Å². The third kappa shape index (κ3) is 3.42. The predicted molar refractivity (Wildman–Crippen MR) is 71.6 cm³/mol. The molecule has 3 N–H and O–H groups in total. The molecule has 1 saturated heterocycles. The molecule has 0 aromatic carbocycles. The molecule has 0 saturated carbocycles. The Morgan fingerprint density at radius 2 is 2.53 bits per heavy atom. The Kier molecular flexibility index (Phi) is 4.70. The lowest BCUT2D eigenvalue weighted by molar-refractivity contribution is 0.165. The average molecular weight is 264 g/mol. The molecule has 19 heavy (non-hydrogen) atoms. The fourth-order valence-corrected chi connectivity index (χ4v) is 2.44. The molecule has 0 aliphatic carbocycles. The van der Waals surface area contributed by atoms with Crippen LogP contribution in [0.25, 0.3) is 0 Å². The van der Waals surface area contributed by atoms with Crippen LogP contribution in [-0.2, 0) is 4.74 Å². The van der Waals surface area contributed by atoms with Gasteiger partial charge in [0.1, 0.15) is 0 Å². The number of aromatic nitrogens is 1. The molecule has 1 aliphatic heterocycles. The number of amides is 1. The first kappa shape index (κ1) is 13.8. The van der Waals surface area contributed by atoms with E-state index in [0.717, 1.165) is 25.2 Å². The summed E-state index contributed by atoms with van der Waals surface area (Å²) in [6.45, 7) is 2.18. The van der Waals surface area contributed by atoms with E-state index in [4.69, 9.17) is 5.73 Å². The summed E-state index contributed by atoms with van der Waals surface area (Å²) in [6.07, 6.45) is 2.30. The molecule has 2 heterocycles. The molecule has 1 amide bonds. The number of methoxy groups -OCH3 is 1. The summed E-state index contributed by atoms with van der Waals surface area (Å²) < 4.78 is 4.61. The molecule has 0 radical (unpaired) electrons. The van der Waals surface area contributed by atoms with Crippen molar-refractivity contribution < 1.29 is 9.53 Å². The van der Waals surface area contributed by atoms with Crippen molar-refractivity contribution in [2.24, 2.45) is 5.73 Å². The highest BCUT2D eigenvalue weighted by Crippen LogP contribution is 2.22. The third-order valence-electron chi connectivity index (χ3n) is 3.42. The molecule has 104 valence electrons. The fourth-order valence-electron chi connectivity index (χ4n) is 2.44. The van der Waals surface area contributed by atoms with E-state index in [1.54, 1.807) is 6.20 Å². The van der Waals surface area contributed by atoms with Crippen LogP contribution in [0.3, 0.4) is 0 Å². The molecule has 1 aliphatic rings. The van der Waals surface area contributed by atoms with Gasteiger partial charge in [-0.25, -0.2) is 4.79 Å². The van der Waals surface area contributed by atoms with Crippen molar-refractivity contribution in [2.45, 2.75) is 18.5 Å². The van der Waals surface area contributed by atoms with Gasteiger partial charge in [0.2, 0.25) is 0 Å². The zero-order valence-corrected chi connectivity index (χ0v) is 11.1. The Balaban J connectivity index is 1.97. The average Bonchev–Trinajstić information content (AvgIpc) is 2.89. The van der Waals surface area contributed by atoms with Gasteiger partial charge in [-0.3, -0.25) is 9.88 Å². The van der Waals surface area contributed by atoms with Crippen molar-refractivity contribution in [1.82, 2.24) is 15.2 Å². The second-order valence-corrected chi connectivity index (χ2v) is 4.62. The first-order valence-corrected chi connectivity index (χ1v) is 6.44. The lowest BCUT2D eigenvalue weighted by atomic mass is 10.1. The maximum atomic E-state index is 11.2. The smallest absolute Gasteiger partial charge is 0.407 e. The Morgan fingerprint density at radius 1 is 1.68 bits per heavy atom. The van der Waals surface area contributed by atoms with Crippen molar-refractivity contribution in [3.8, 4) is 0 Å². The van der Waals surface area contributed by atoms with Gasteiger partial charge in [-0.05, 0) is 18.6 Å². The van der Waals surface area contributed by atoms with Gasteiger partial charge < -0.3 is 15.8 Å². The minimum absolute atomic E-state index is 0.102. The van der Waals surface area contributed by atoms with Crippen LogP contribution in [0.5, 0.6) is 0 Å².